The van der Waals surface area contributed by atoms with Gasteiger partial charge < -0.3 is 9.52 Å². The Kier molecular flexibility index (Phi) is 2.67. The van der Waals surface area contributed by atoms with Gasteiger partial charge in [0, 0.05) is 11.8 Å². The number of benzene rings is 1. The van der Waals surface area contributed by atoms with E-state index in [9.17, 15) is 4.79 Å². The predicted molar refractivity (Wildman–Crippen MR) is 71.2 cm³/mol. The fraction of sp³-hybridized carbons (Fsp3) is 0.250. The van der Waals surface area contributed by atoms with E-state index in [1.807, 2.05) is 0 Å². The second-order valence-electron chi connectivity index (χ2n) is 4.71. The molecule has 0 saturated heterocycles. The van der Waals surface area contributed by atoms with Crippen LogP contribution in [0.4, 0.5) is 0 Å². The molecule has 106 valence electrons. The molecule has 1 aliphatic rings. The number of tetrazole rings is 1. The Morgan fingerprint density at radius 3 is 3.05 bits per heavy atom. The minimum atomic E-state index is -1.000. The summed E-state index contributed by atoms with van der Waals surface area (Å²) in [6.45, 7) is 0. The summed E-state index contributed by atoms with van der Waals surface area (Å²) in [5.74, 6) is -1.000. The number of hydrogen-bond acceptors (Lipinski definition) is 7. The minimum Gasteiger partial charge on any atom is -0.478 e. The normalized spacial score (nSPS) is 14.7. The van der Waals surface area contributed by atoms with E-state index in [-0.39, 0.29) is 5.56 Å². The van der Waals surface area contributed by atoms with Crippen molar-refractivity contribution in [1.29, 1.82) is 0 Å². The number of rotatable bonds is 4. The topological polar surface area (TPSA) is 107 Å². The number of carbonyl (C=O) groups is 1. The first-order chi connectivity index (χ1) is 10.2. The SMILES string of the molecule is O=C(O)c1ccc2nc(Sc3nnnn3C3CC3)oc2c1. The van der Waals surface area contributed by atoms with Crippen LogP contribution in [0.3, 0.4) is 0 Å². The standard InChI is InChI=1S/C12H9N5O3S/c18-10(19)6-1-4-8-9(5-6)20-12(13-8)21-11-14-15-16-17(11)7-2-3-7/h1,4-5,7H,2-3H2,(H,18,19). The van der Waals surface area contributed by atoms with E-state index in [4.69, 9.17) is 9.52 Å². The number of aromatic carboxylic acids is 1. The van der Waals surface area contributed by atoms with E-state index < -0.39 is 5.97 Å². The van der Waals surface area contributed by atoms with Crippen LogP contribution in [-0.2, 0) is 0 Å². The summed E-state index contributed by atoms with van der Waals surface area (Å²) in [4.78, 5) is 15.2. The largest absolute Gasteiger partial charge is 0.478 e. The molecule has 21 heavy (non-hydrogen) atoms. The predicted octanol–water partition coefficient (Wildman–Crippen LogP) is 2.00. The van der Waals surface area contributed by atoms with E-state index >= 15 is 0 Å². The van der Waals surface area contributed by atoms with Gasteiger partial charge in [0.25, 0.3) is 5.22 Å². The number of carboxylic acid groups (broad SMARTS) is 1. The minimum absolute atomic E-state index is 0.165. The van der Waals surface area contributed by atoms with Crippen molar-refractivity contribution in [2.24, 2.45) is 0 Å². The van der Waals surface area contributed by atoms with Crippen molar-refractivity contribution in [2.75, 3.05) is 0 Å². The summed E-state index contributed by atoms with van der Waals surface area (Å²) in [5.41, 5.74) is 1.20. The van der Waals surface area contributed by atoms with E-state index in [1.54, 1.807) is 10.7 Å². The van der Waals surface area contributed by atoms with Crippen LogP contribution in [0, 0.1) is 0 Å². The van der Waals surface area contributed by atoms with Crippen LogP contribution in [0.15, 0.2) is 33.0 Å². The molecule has 0 spiro atoms. The third-order valence-corrected chi connectivity index (χ3v) is 3.95. The summed E-state index contributed by atoms with van der Waals surface area (Å²) in [6.07, 6.45) is 2.16. The van der Waals surface area contributed by atoms with E-state index in [0.717, 1.165) is 12.8 Å². The van der Waals surface area contributed by atoms with Crippen molar-refractivity contribution < 1.29 is 14.3 Å². The Morgan fingerprint density at radius 1 is 1.43 bits per heavy atom. The first kappa shape index (κ1) is 12.3. The number of nitrogens with zero attached hydrogens (tertiary/aromatic N) is 5. The maximum absolute atomic E-state index is 10.9. The Bertz CT molecular complexity index is 838. The van der Waals surface area contributed by atoms with Crippen molar-refractivity contribution in [3.63, 3.8) is 0 Å². The highest BCUT2D eigenvalue weighted by Gasteiger charge is 2.28. The van der Waals surface area contributed by atoms with Crippen LogP contribution in [0.2, 0.25) is 0 Å². The molecule has 2 aromatic heterocycles. The fourth-order valence-electron chi connectivity index (χ4n) is 1.96. The fourth-order valence-corrected chi connectivity index (χ4v) is 2.75. The van der Waals surface area contributed by atoms with Crippen molar-refractivity contribution >= 4 is 28.8 Å². The monoisotopic (exact) mass is 303 g/mol. The summed E-state index contributed by atoms with van der Waals surface area (Å²) in [7, 11) is 0. The highest BCUT2D eigenvalue weighted by atomic mass is 32.2. The molecule has 0 atom stereocenters. The van der Waals surface area contributed by atoms with Crippen LogP contribution < -0.4 is 0 Å². The lowest BCUT2D eigenvalue weighted by molar-refractivity contribution is 0.0697. The second kappa shape index (κ2) is 4.55. The molecular weight excluding hydrogens is 294 g/mol. The van der Waals surface area contributed by atoms with E-state index in [0.29, 0.717) is 27.5 Å². The number of carboxylic acids is 1. The molecule has 9 heteroatoms. The summed E-state index contributed by atoms with van der Waals surface area (Å²) < 4.78 is 7.33. The molecule has 3 aromatic rings. The third kappa shape index (κ3) is 2.25. The van der Waals surface area contributed by atoms with Crippen LogP contribution in [-0.4, -0.2) is 36.3 Å². The lowest BCUT2D eigenvalue weighted by Gasteiger charge is -1.97. The molecule has 1 saturated carbocycles. The van der Waals surface area contributed by atoms with Crippen LogP contribution >= 0.6 is 11.8 Å². The van der Waals surface area contributed by atoms with Gasteiger partial charge in [-0.25, -0.2) is 14.5 Å². The first-order valence-electron chi connectivity index (χ1n) is 6.30. The summed E-state index contributed by atoms with van der Waals surface area (Å²) >= 11 is 1.23. The Hall–Kier alpha value is -2.42. The molecule has 0 unspecified atom stereocenters. The van der Waals surface area contributed by atoms with Gasteiger partial charge in [-0.2, -0.15) is 0 Å². The molecule has 1 N–H and O–H groups in total. The van der Waals surface area contributed by atoms with Crippen LogP contribution in [0.1, 0.15) is 29.2 Å². The van der Waals surface area contributed by atoms with Crippen molar-refractivity contribution in [2.45, 2.75) is 29.3 Å². The van der Waals surface area contributed by atoms with E-state index in [2.05, 4.69) is 20.5 Å². The quantitative estimate of drug-likeness (QED) is 0.779. The average Bonchev–Trinajstić information content (AvgIpc) is 3.07. The molecule has 4 rings (SSSR count). The van der Waals surface area contributed by atoms with Gasteiger partial charge in [0.2, 0.25) is 5.16 Å². The van der Waals surface area contributed by atoms with E-state index in [1.165, 1.54) is 23.9 Å². The number of aromatic nitrogens is 5. The second-order valence-corrected chi connectivity index (χ2v) is 5.63. The Labute approximate surface area is 122 Å². The molecule has 0 radical (unpaired) electrons. The van der Waals surface area contributed by atoms with Gasteiger partial charge in [-0.15, -0.1) is 5.10 Å². The number of fused-ring (bicyclic) bond motifs is 1. The number of oxazole rings is 1. The van der Waals surface area contributed by atoms with Crippen molar-refractivity contribution in [3.05, 3.63) is 23.8 Å². The molecule has 8 nitrogen and oxygen atoms in total. The Balaban J connectivity index is 1.67. The number of hydrogen-bond donors (Lipinski definition) is 1. The zero-order chi connectivity index (χ0) is 14.4. The molecule has 0 bridgehead atoms. The molecule has 0 amide bonds. The highest BCUT2D eigenvalue weighted by molar-refractivity contribution is 7.99. The zero-order valence-electron chi connectivity index (χ0n) is 10.6. The van der Waals surface area contributed by atoms with Gasteiger partial charge in [-0.1, -0.05) is 0 Å². The van der Waals surface area contributed by atoms with Crippen LogP contribution in [0.5, 0.6) is 0 Å². The van der Waals surface area contributed by atoms with Gasteiger partial charge >= 0.3 is 5.97 Å². The molecule has 1 fully saturated rings. The van der Waals surface area contributed by atoms with Crippen molar-refractivity contribution in [1.82, 2.24) is 25.2 Å². The van der Waals surface area contributed by atoms with Crippen LogP contribution in [0.25, 0.3) is 11.1 Å². The smallest absolute Gasteiger partial charge is 0.335 e. The molecule has 1 aromatic carbocycles. The molecule has 1 aliphatic carbocycles. The maximum Gasteiger partial charge on any atom is 0.335 e. The van der Waals surface area contributed by atoms with Gasteiger partial charge in [0.1, 0.15) is 5.52 Å². The molecule has 2 heterocycles. The third-order valence-electron chi connectivity index (χ3n) is 3.15. The van der Waals surface area contributed by atoms with Gasteiger partial charge in [-0.05, 0) is 41.5 Å². The zero-order valence-corrected chi connectivity index (χ0v) is 11.4. The molecule has 0 aliphatic heterocycles. The Morgan fingerprint density at radius 2 is 2.29 bits per heavy atom. The lowest BCUT2D eigenvalue weighted by Crippen LogP contribution is -1.98. The maximum atomic E-state index is 10.9. The molecular formula is C12H9N5O3S. The summed E-state index contributed by atoms with van der Waals surface area (Å²) in [6, 6.07) is 4.94. The summed E-state index contributed by atoms with van der Waals surface area (Å²) in [5, 5.41) is 21.6. The highest BCUT2D eigenvalue weighted by Crippen LogP contribution is 2.38. The van der Waals surface area contributed by atoms with Gasteiger partial charge in [0.15, 0.2) is 5.58 Å². The lowest BCUT2D eigenvalue weighted by atomic mass is 10.2. The van der Waals surface area contributed by atoms with Gasteiger partial charge in [-0.3, -0.25) is 0 Å². The van der Waals surface area contributed by atoms with Gasteiger partial charge in [0.05, 0.1) is 11.6 Å². The van der Waals surface area contributed by atoms with Crippen molar-refractivity contribution in [3.8, 4) is 0 Å². The average molecular weight is 303 g/mol. The first-order valence-corrected chi connectivity index (χ1v) is 7.12.